The monoisotopic (exact) mass is 325 g/mol. The second kappa shape index (κ2) is 5.72. The molecule has 126 valence electrons. The average Bonchev–Trinajstić information content (AvgIpc) is 3.18. The number of amides is 1. The number of nitrogens with zero attached hydrogens (tertiary/aromatic N) is 2. The molecule has 2 saturated carbocycles. The van der Waals surface area contributed by atoms with Gasteiger partial charge in [0.2, 0.25) is 5.43 Å². The number of hydrogen-bond donors (Lipinski definition) is 1. The van der Waals surface area contributed by atoms with Crippen LogP contribution in [0.4, 0.5) is 0 Å². The summed E-state index contributed by atoms with van der Waals surface area (Å²) in [5.74, 6) is 1.12. The summed E-state index contributed by atoms with van der Waals surface area (Å²) in [5, 5.41) is 3.64. The fourth-order valence-corrected chi connectivity index (χ4v) is 4.43. The molecule has 1 N–H and O–H groups in total. The van der Waals surface area contributed by atoms with Gasteiger partial charge in [-0.3, -0.25) is 9.59 Å². The van der Waals surface area contributed by atoms with Gasteiger partial charge in [-0.2, -0.15) is 0 Å². The maximum absolute atomic E-state index is 12.8. The lowest BCUT2D eigenvalue weighted by Crippen LogP contribution is -2.40. The van der Waals surface area contributed by atoms with Crippen molar-refractivity contribution in [3.63, 3.8) is 0 Å². The highest BCUT2D eigenvalue weighted by Crippen LogP contribution is 2.44. The van der Waals surface area contributed by atoms with Gasteiger partial charge < -0.3 is 9.88 Å². The van der Waals surface area contributed by atoms with Crippen LogP contribution in [0.5, 0.6) is 0 Å². The number of aryl methyl sites for hydroxylation is 2. The zero-order chi connectivity index (χ0) is 16.8. The number of pyridine rings is 2. The number of aromatic nitrogens is 2. The molecular formula is C19H23N3O2. The molecule has 0 unspecified atom stereocenters. The third kappa shape index (κ3) is 2.43. The lowest BCUT2D eigenvalue weighted by atomic mass is 9.95. The second-order valence-electron chi connectivity index (χ2n) is 7.24. The minimum Gasteiger partial charge on any atom is -0.349 e. The number of carbonyl (C=O) groups excluding carboxylic acids is 1. The summed E-state index contributed by atoms with van der Waals surface area (Å²) in [6.45, 7) is 4.56. The van der Waals surface area contributed by atoms with Crippen molar-refractivity contribution < 1.29 is 4.79 Å². The predicted molar refractivity (Wildman–Crippen MR) is 93.1 cm³/mol. The normalized spacial score (nSPS) is 25.3. The Kier molecular flexibility index (Phi) is 3.66. The Labute approximate surface area is 141 Å². The largest absolute Gasteiger partial charge is 0.349 e. The van der Waals surface area contributed by atoms with Crippen LogP contribution >= 0.6 is 0 Å². The Hall–Kier alpha value is -2.17. The summed E-state index contributed by atoms with van der Waals surface area (Å²) in [7, 11) is 0. The minimum atomic E-state index is -0.234. The van der Waals surface area contributed by atoms with Gasteiger partial charge in [0.05, 0.1) is 5.39 Å². The summed E-state index contributed by atoms with van der Waals surface area (Å²) in [6.07, 6.45) is 6.45. The van der Waals surface area contributed by atoms with Gasteiger partial charge >= 0.3 is 0 Å². The molecule has 0 aromatic carbocycles. The molecule has 0 spiro atoms. The highest BCUT2D eigenvalue weighted by atomic mass is 16.2. The second-order valence-corrected chi connectivity index (χ2v) is 7.24. The Morgan fingerprint density at radius 1 is 1.33 bits per heavy atom. The van der Waals surface area contributed by atoms with Crippen molar-refractivity contribution in [2.45, 2.75) is 52.1 Å². The summed E-state index contributed by atoms with van der Waals surface area (Å²) in [4.78, 5) is 30.0. The number of rotatable bonds is 3. The third-order valence-corrected chi connectivity index (χ3v) is 5.70. The van der Waals surface area contributed by atoms with Crippen molar-refractivity contribution in [1.82, 2.24) is 14.9 Å². The fourth-order valence-electron chi connectivity index (χ4n) is 4.43. The van der Waals surface area contributed by atoms with Crippen LogP contribution in [0, 0.1) is 18.8 Å². The molecule has 2 aliphatic carbocycles. The zero-order valence-corrected chi connectivity index (χ0v) is 14.2. The Morgan fingerprint density at radius 3 is 2.83 bits per heavy atom. The first-order valence-electron chi connectivity index (χ1n) is 8.88. The van der Waals surface area contributed by atoms with Crippen LogP contribution in [0.3, 0.4) is 0 Å². The number of nitrogens with one attached hydrogen (secondary N) is 1. The fraction of sp³-hybridized carbons (Fsp3) is 0.526. The lowest BCUT2D eigenvalue weighted by Gasteiger charge is -2.23. The SMILES string of the molecule is CCn1cc(C(=O)N[C@@H]2C[C@@H]3CC[C@@H]2C3)c(=O)c2ccc(C)nc21. The van der Waals surface area contributed by atoms with Crippen LogP contribution in [0.1, 0.15) is 48.7 Å². The van der Waals surface area contributed by atoms with E-state index in [0.29, 0.717) is 23.5 Å². The molecule has 2 fully saturated rings. The molecule has 0 radical (unpaired) electrons. The Bertz CT molecular complexity index is 871. The highest BCUT2D eigenvalue weighted by molar-refractivity contribution is 5.97. The molecule has 2 aliphatic rings. The van der Waals surface area contributed by atoms with E-state index in [4.69, 9.17) is 0 Å². The molecule has 2 heterocycles. The first-order valence-corrected chi connectivity index (χ1v) is 8.88. The van der Waals surface area contributed by atoms with Crippen LogP contribution in [0.2, 0.25) is 0 Å². The van der Waals surface area contributed by atoms with E-state index in [2.05, 4.69) is 10.3 Å². The Balaban J connectivity index is 1.71. The maximum atomic E-state index is 12.8. The highest BCUT2D eigenvalue weighted by Gasteiger charge is 2.40. The summed E-state index contributed by atoms with van der Waals surface area (Å²) >= 11 is 0. The molecule has 2 aromatic heterocycles. The van der Waals surface area contributed by atoms with Gasteiger partial charge in [-0.15, -0.1) is 0 Å². The molecule has 5 nitrogen and oxygen atoms in total. The van der Waals surface area contributed by atoms with Gasteiger partial charge in [0, 0.05) is 24.5 Å². The molecule has 2 bridgehead atoms. The quantitative estimate of drug-likeness (QED) is 0.943. The first-order chi connectivity index (χ1) is 11.6. The molecule has 0 aliphatic heterocycles. The summed E-state index contributed by atoms with van der Waals surface area (Å²) in [6, 6.07) is 3.83. The smallest absolute Gasteiger partial charge is 0.257 e. The van der Waals surface area contributed by atoms with Crippen molar-refractivity contribution in [1.29, 1.82) is 0 Å². The average molecular weight is 325 g/mol. The molecule has 24 heavy (non-hydrogen) atoms. The van der Waals surface area contributed by atoms with Gasteiger partial charge in [-0.25, -0.2) is 4.98 Å². The molecule has 4 rings (SSSR count). The molecule has 5 heteroatoms. The van der Waals surface area contributed by atoms with Crippen LogP contribution in [0.25, 0.3) is 11.0 Å². The maximum Gasteiger partial charge on any atom is 0.257 e. The van der Waals surface area contributed by atoms with E-state index in [9.17, 15) is 9.59 Å². The van der Waals surface area contributed by atoms with E-state index in [1.807, 2.05) is 24.5 Å². The zero-order valence-electron chi connectivity index (χ0n) is 14.2. The van der Waals surface area contributed by atoms with Gasteiger partial charge in [0.1, 0.15) is 11.2 Å². The first kappa shape index (κ1) is 15.4. The molecule has 3 atom stereocenters. The van der Waals surface area contributed by atoms with Crippen molar-refractivity contribution in [2.75, 3.05) is 0 Å². The van der Waals surface area contributed by atoms with E-state index in [-0.39, 0.29) is 22.9 Å². The van der Waals surface area contributed by atoms with E-state index >= 15 is 0 Å². The van der Waals surface area contributed by atoms with Gasteiger partial charge in [0.25, 0.3) is 5.91 Å². The van der Waals surface area contributed by atoms with Crippen molar-refractivity contribution in [3.05, 3.63) is 39.8 Å². The topological polar surface area (TPSA) is 64.0 Å². The van der Waals surface area contributed by atoms with Crippen LogP contribution in [0.15, 0.2) is 23.1 Å². The molecule has 0 saturated heterocycles. The molecule has 1 amide bonds. The lowest BCUT2D eigenvalue weighted by molar-refractivity contribution is 0.0921. The summed E-state index contributed by atoms with van der Waals surface area (Å²) in [5.41, 5.74) is 1.53. The molecular weight excluding hydrogens is 302 g/mol. The molecule has 2 aromatic rings. The number of carbonyl (C=O) groups is 1. The standard InChI is InChI=1S/C19H23N3O2/c1-3-22-10-15(17(23)14-7-4-11(2)20-18(14)22)19(24)21-16-9-12-5-6-13(16)8-12/h4,7,10,12-13,16H,3,5-6,8-9H2,1-2H3,(H,21,24)/t12-,13-,16-/m1/s1. The predicted octanol–water partition coefficient (Wildman–Crippen LogP) is 2.64. The Morgan fingerprint density at radius 2 is 2.17 bits per heavy atom. The summed E-state index contributed by atoms with van der Waals surface area (Å²) < 4.78 is 1.89. The van der Waals surface area contributed by atoms with E-state index < -0.39 is 0 Å². The van der Waals surface area contributed by atoms with Crippen LogP contribution < -0.4 is 10.7 Å². The van der Waals surface area contributed by atoms with E-state index in [1.165, 1.54) is 19.3 Å². The van der Waals surface area contributed by atoms with Crippen molar-refractivity contribution in [2.24, 2.45) is 11.8 Å². The van der Waals surface area contributed by atoms with Gasteiger partial charge in [-0.1, -0.05) is 6.42 Å². The third-order valence-electron chi connectivity index (χ3n) is 5.70. The minimum absolute atomic E-state index is 0.220. The van der Waals surface area contributed by atoms with Crippen molar-refractivity contribution >= 4 is 16.9 Å². The van der Waals surface area contributed by atoms with Gasteiger partial charge in [-0.05, 0) is 57.1 Å². The van der Waals surface area contributed by atoms with E-state index in [1.54, 1.807) is 12.3 Å². The van der Waals surface area contributed by atoms with E-state index in [0.717, 1.165) is 18.0 Å². The van der Waals surface area contributed by atoms with Gasteiger partial charge in [0.15, 0.2) is 0 Å². The number of hydrogen-bond acceptors (Lipinski definition) is 3. The number of fused-ring (bicyclic) bond motifs is 3. The van der Waals surface area contributed by atoms with Crippen molar-refractivity contribution in [3.8, 4) is 0 Å². The van der Waals surface area contributed by atoms with Crippen LogP contribution in [-0.2, 0) is 6.54 Å². The van der Waals surface area contributed by atoms with Crippen LogP contribution in [-0.4, -0.2) is 21.5 Å².